The molecule has 0 amide bonds. The first-order valence-electron chi connectivity index (χ1n) is 4.41. The van der Waals surface area contributed by atoms with E-state index in [1.54, 1.807) is 0 Å². The van der Waals surface area contributed by atoms with E-state index in [1.807, 2.05) is 0 Å². The lowest BCUT2D eigenvalue weighted by molar-refractivity contribution is -0.209. The maximum absolute atomic E-state index is 12.9. The molecule has 0 bridgehead atoms. The zero-order valence-electron chi connectivity index (χ0n) is 8.91. The molecule has 0 aromatic heterocycles. The molecular weight excluding hydrogens is 235 g/mol. The quantitative estimate of drug-likeness (QED) is 0.551. The first kappa shape index (κ1) is 15.0. The van der Waals surface area contributed by atoms with E-state index in [0.717, 1.165) is 6.92 Å². The van der Waals surface area contributed by atoms with Crippen LogP contribution >= 0.6 is 0 Å². The fourth-order valence-corrected chi connectivity index (χ4v) is 0.801. The van der Waals surface area contributed by atoms with E-state index in [-0.39, 0.29) is 0 Å². The van der Waals surface area contributed by atoms with Crippen LogP contribution in [0.2, 0.25) is 0 Å². The normalized spacial score (nSPS) is 13.8. The monoisotopic (exact) mass is 246 g/mol. The predicted molar refractivity (Wildman–Crippen MR) is 45.4 cm³/mol. The zero-order valence-corrected chi connectivity index (χ0v) is 8.91. The summed E-state index contributed by atoms with van der Waals surface area (Å²) in [5.74, 6) is -14.7. The van der Waals surface area contributed by atoms with Crippen molar-refractivity contribution in [3.8, 4) is 0 Å². The lowest BCUT2D eigenvalue weighted by atomic mass is 9.94. The van der Waals surface area contributed by atoms with Crippen molar-refractivity contribution in [1.82, 2.24) is 0 Å². The minimum absolute atomic E-state index is 0.549. The van der Waals surface area contributed by atoms with E-state index in [4.69, 9.17) is 0 Å². The fraction of sp³-hybridized carbons (Fsp3) is 0.778. The van der Waals surface area contributed by atoms with Crippen LogP contribution in [0.25, 0.3) is 0 Å². The molecule has 0 rings (SSSR count). The Bertz CT molecular complexity index is 304. The lowest BCUT2D eigenvalue weighted by Crippen LogP contribution is -2.53. The standard InChI is InChI=1S/C9H11F5O2/c1-4-8(11,12)9(13,14)6(16)5(15)7(2,3)10/h4H2,1-3H3. The molecule has 0 aliphatic rings. The van der Waals surface area contributed by atoms with E-state index in [1.165, 1.54) is 0 Å². The van der Waals surface area contributed by atoms with E-state index in [2.05, 4.69) is 0 Å². The van der Waals surface area contributed by atoms with Gasteiger partial charge in [0.25, 0.3) is 5.78 Å². The Morgan fingerprint density at radius 1 is 0.938 bits per heavy atom. The third kappa shape index (κ3) is 2.56. The minimum atomic E-state index is -5.18. The van der Waals surface area contributed by atoms with Gasteiger partial charge in [-0.25, -0.2) is 4.39 Å². The van der Waals surface area contributed by atoms with Gasteiger partial charge in [0, 0.05) is 6.42 Å². The maximum Gasteiger partial charge on any atom is 0.374 e. The summed E-state index contributed by atoms with van der Waals surface area (Å²) in [6.45, 7) is 1.83. The summed E-state index contributed by atoms with van der Waals surface area (Å²) in [7, 11) is 0. The van der Waals surface area contributed by atoms with Gasteiger partial charge >= 0.3 is 11.8 Å². The number of carbonyl (C=O) groups is 2. The number of halogens is 5. The molecule has 2 nitrogen and oxygen atoms in total. The Morgan fingerprint density at radius 3 is 1.56 bits per heavy atom. The van der Waals surface area contributed by atoms with Gasteiger partial charge in [-0.15, -0.1) is 0 Å². The molecule has 16 heavy (non-hydrogen) atoms. The number of ketones is 2. The fourth-order valence-electron chi connectivity index (χ4n) is 0.801. The van der Waals surface area contributed by atoms with Crippen LogP contribution in [-0.4, -0.2) is 29.1 Å². The van der Waals surface area contributed by atoms with Crippen molar-refractivity contribution in [2.24, 2.45) is 0 Å². The molecule has 0 aromatic rings. The molecule has 0 saturated heterocycles. The highest BCUT2D eigenvalue weighted by Gasteiger charge is 2.63. The van der Waals surface area contributed by atoms with Crippen molar-refractivity contribution < 1.29 is 31.5 Å². The summed E-state index contributed by atoms with van der Waals surface area (Å²) in [5.41, 5.74) is -2.90. The average Bonchev–Trinajstić information content (AvgIpc) is 2.13. The Hall–Kier alpha value is -1.01. The first-order chi connectivity index (χ1) is 6.88. The highest BCUT2D eigenvalue weighted by atomic mass is 19.3. The van der Waals surface area contributed by atoms with E-state index in [9.17, 15) is 31.5 Å². The molecule has 0 spiro atoms. The maximum atomic E-state index is 12.9. The van der Waals surface area contributed by atoms with Crippen LogP contribution < -0.4 is 0 Å². The van der Waals surface area contributed by atoms with Crippen LogP contribution in [0.3, 0.4) is 0 Å². The highest BCUT2D eigenvalue weighted by molar-refractivity contribution is 6.42. The van der Waals surface area contributed by atoms with Crippen LogP contribution in [0.4, 0.5) is 22.0 Å². The Kier molecular flexibility index (Phi) is 3.84. The van der Waals surface area contributed by atoms with E-state index < -0.39 is 35.5 Å². The van der Waals surface area contributed by atoms with Crippen LogP contribution in [0.15, 0.2) is 0 Å². The molecule has 0 aliphatic heterocycles. The zero-order chi connectivity index (χ0) is 13.4. The van der Waals surface area contributed by atoms with Gasteiger partial charge in [-0.1, -0.05) is 6.92 Å². The number of hydrogen-bond acceptors (Lipinski definition) is 2. The van der Waals surface area contributed by atoms with Crippen molar-refractivity contribution >= 4 is 11.6 Å². The number of rotatable bonds is 5. The molecule has 0 atom stereocenters. The third-order valence-electron chi connectivity index (χ3n) is 1.93. The van der Waals surface area contributed by atoms with Crippen LogP contribution in [0.5, 0.6) is 0 Å². The number of carbonyl (C=O) groups excluding carboxylic acids is 2. The Morgan fingerprint density at radius 2 is 1.31 bits per heavy atom. The number of Topliss-reactive ketones (excluding diaryl/α,β-unsaturated/α-hetero) is 2. The minimum Gasteiger partial charge on any atom is -0.287 e. The number of alkyl halides is 5. The molecule has 7 heteroatoms. The van der Waals surface area contributed by atoms with Crippen LogP contribution in [0.1, 0.15) is 27.2 Å². The lowest BCUT2D eigenvalue weighted by Gasteiger charge is -2.25. The third-order valence-corrected chi connectivity index (χ3v) is 1.93. The van der Waals surface area contributed by atoms with Crippen LogP contribution in [-0.2, 0) is 9.59 Å². The molecule has 0 saturated carbocycles. The van der Waals surface area contributed by atoms with Crippen molar-refractivity contribution in [3.05, 3.63) is 0 Å². The molecule has 0 aromatic carbocycles. The second kappa shape index (κ2) is 4.10. The molecule has 0 radical (unpaired) electrons. The molecule has 0 N–H and O–H groups in total. The second-order valence-corrected chi connectivity index (χ2v) is 3.76. The molecule has 0 unspecified atom stereocenters. The van der Waals surface area contributed by atoms with Gasteiger partial charge in [0.2, 0.25) is 5.78 Å². The van der Waals surface area contributed by atoms with Gasteiger partial charge in [-0.3, -0.25) is 9.59 Å². The summed E-state index contributed by atoms with van der Waals surface area (Å²) in [6.07, 6.45) is -1.33. The molecule has 94 valence electrons. The Balaban J connectivity index is 5.22. The molecule has 0 fully saturated rings. The van der Waals surface area contributed by atoms with E-state index in [0.29, 0.717) is 13.8 Å². The summed E-state index contributed by atoms with van der Waals surface area (Å²) in [6, 6.07) is 0. The van der Waals surface area contributed by atoms with Crippen LogP contribution in [0, 0.1) is 0 Å². The molecule has 0 heterocycles. The highest BCUT2D eigenvalue weighted by Crippen LogP contribution is 2.38. The van der Waals surface area contributed by atoms with Gasteiger partial charge < -0.3 is 0 Å². The summed E-state index contributed by atoms with van der Waals surface area (Å²) < 4.78 is 64.1. The largest absolute Gasteiger partial charge is 0.374 e. The van der Waals surface area contributed by atoms with Gasteiger partial charge in [0.15, 0.2) is 5.67 Å². The Labute approximate surface area is 88.8 Å². The van der Waals surface area contributed by atoms with Crippen molar-refractivity contribution in [3.63, 3.8) is 0 Å². The second-order valence-electron chi connectivity index (χ2n) is 3.76. The van der Waals surface area contributed by atoms with Gasteiger partial charge in [0.1, 0.15) is 0 Å². The topological polar surface area (TPSA) is 34.1 Å². The first-order valence-corrected chi connectivity index (χ1v) is 4.41. The predicted octanol–water partition coefficient (Wildman–Crippen LogP) is 2.55. The van der Waals surface area contributed by atoms with Gasteiger partial charge in [0.05, 0.1) is 0 Å². The smallest absolute Gasteiger partial charge is 0.287 e. The van der Waals surface area contributed by atoms with Gasteiger partial charge in [-0.2, -0.15) is 17.6 Å². The van der Waals surface area contributed by atoms with E-state index >= 15 is 0 Å². The SMILES string of the molecule is CCC(F)(F)C(F)(F)C(=O)C(=O)C(C)(C)F. The molecular formula is C9H11F5O2. The molecule has 0 aliphatic carbocycles. The summed E-state index contributed by atoms with van der Waals surface area (Å²) >= 11 is 0. The summed E-state index contributed by atoms with van der Waals surface area (Å²) in [5, 5.41) is 0. The van der Waals surface area contributed by atoms with Crippen molar-refractivity contribution in [2.75, 3.05) is 0 Å². The van der Waals surface area contributed by atoms with Crippen molar-refractivity contribution in [1.29, 1.82) is 0 Å². The summed E-state index contributed by atoms with van der Waals surface area (Å²) in [4.78, 5) is 21.6. The van der Waals surface area contributed by atoms with Gasteiger partial charge in [-0.05, 0) is 13.8 Å². The van der Waals surface area contributed by atoms with Crippen molar-refractivity contribution in [2.45, 2.75) is 44.7 Å². The number of hydrogen-bond donors (Lipinski definition) is 0. The average molecular weight is 246 g/mol.